The Morgan fingerprint density at radius 2 is 1.70 bits per heavy atom. The SMILES string of the molecule is CC(C)[C@H]1COC(=O)N1C(=O)[C@H](c1ccc2c(c1)OCO2)[C@H](O[Si](C)(C)C)[C@@H]1OC(C)(C)O[C@H]1CO[Si](C)(C)C(C)(C)C. The smallest absolute Gasteiger partial charge is 0.417 e. The first-order valence-corrected chi connectivity index (χ1v) is 21.6. The number of benzene rings is 1. The van der Waals surface area contributed by atoms with Gasteiger partial charge in [-0.05, 0) is 75.2 Å². The van der Waals surface area contributed by atoms with Crippen LogP contribution in [-0.4, -0.2) is 83.7 Å². The Morgan fingerprint density at radius 1 is 1.05 bits per heavy atom. The van der Waals surface area contributed by atoms with Crippen LogP contribution < -0.4 is 9.47 Å². The molecule has 10 nitrogen and oxygen atoms in total. The summed E-state index contributed by atoms with van der Waals surface area (Å²) in [5.41, 5.74) is 0.636. The van der Waals surface area contributed by atoms with E-state index in [1.165, 1.54) is 4.90 Å². The summed E-state index contributed by atoms with van der Waals surface area (Å²) in [6, 6.07) is 5.03. The molecule has 242 valence electrons. The second kappa shape index (κ2) is 12.1. The highest BCUT2D eigenvalue weighted by atomic mass is 28.4. The van der Waals surface area contributed by atoms with Gasteiger partial charge >= 0.3 is 6.09 Å². The summed E-state index contributed by atoms with van der Waals surface area (Å²) in [7, 11) is -4.46. The Hall–Kier alpha value is -1.97. The third-order valence-corrected chi connectivity index (χ3v) is 14.2. The number of imide groups is 1. The van der Waals surface area contributed by atoms with Crippen LogP contribution in [0.2, 0.25) is 37.8 Å². The van der Waals surface area contributed by atoms with E-state index in [1.807, 2.05) is 33.8 Å². The van der Waals surface area contributed by atoms with Crippen molar-refractivity contribution in [3.05, 3.63) is 23.8 Å². The molecule has 3 aliphatic rings. The average molecular weight is 638 g/mol. The quantitative estimate of drug-likeness (QED) is 0.275. The van der Waals surface area contributed by atoms with Crippen molar-refractivity contribution in [3.63, 3.8) is 0 Å². The van der Waals surface area contributed by atoms with Gasteiger partial charge in [-0.1, -0.05) is 40.7 Å². The summed E-state index contributed by atoms with van der Waals surface area (Å²) in [6.07, 6.45) is -2.62. The highest BCUT2D eigenvalue weighted by Gasteiger charge is 2.54. The van der Waals surface area contributed by atoms with Gasteiger partial charge in [-0.15, -0.1) is 0 Å². The fourth-order valence-corrected chi connectivity index (χ4v) is 7.52. The van der Waals surface area contributed by atoms with Crippen LogP contribution in [0.4, 0.5) is 4.79 Å². The minimum Gasteiger partial charge on any atom is -0.454 e. The number of amides is 2. The Morgan fingerprint density at radius 3 is 2.30 bits per heavy atom. The van der Waals surface area contributed by atoms with Gasteiger partial charge in [0.1, 0.15) is 18.8 Å². The second-order valence-electron chi connectivity index (χ2n) is 15.1. The molecule has 0 aliphatic carbocycles. The van der Waals surface area contributed by atoms with Crippen LogP contribution >= 0.6 is 0 Å². The molecular formula is C31H51NO9Si2. The molecule has 43 heavy (non-hydrogen) atoms. The van der Waals surface area contributed by atoms with E-state index in [2.05, 4.69) is 53.5 Å². The third kappa shape index (κ3) is 7.47. The van der Waals surface area contributed by atoms with Crippen molar-refractivity contribution in [1.82, 2.24) is 4.90 Å². The number of hydrogen-bond donors (Lipinski definition) is 0. The zero-order valence-electron chi connectivity index (χ0n) is 27.9. The molecule has 4 rings (SSSR count). The maximum absolute atomic E-state index is 14.7. The number of nitrogens with zero attached hydrogens (tertiary/aromatic N) is 1. The molecule has 2 fully saturated rings. The number of fused-ring (bicyclic) bond motifs is 1. The lowest BCUT2D eigenvalue weighted by Gasteiger charge is -2.40. The number of ether oxygens (including phenoxy) is 5. The molecule has 3 heterocycles. The number of hydrogen-bond acceptors (Lipinski definition) is 9. The van der Waals surface area contributed by atoms with Crippen LogP contribution in [0, 0.1) is 5.92 Å². The highest BCUT2D eigenvalue weighted by molar-refractivity contribution is 6.74. The Balaban J connectivity index is 1.82. The molecule has 0 N–H and O–H groups in total. The van der Waals surface area contributed by atoms with E-state index in [0.717, 1.165) is 0 Å². The van der Waals surface area contributed by atoms with Crippen molar-refractivity contribution >= 4 is 28.6 Å². The molecule has 0 radical (unpaired) electrons. The molecule has 2 amide bonds. The van der Waals surface area contributed by atoms with E-state index in [9.17, 15) is 9.59 Å². The normalized spacial score (nSPS) is 25.3. The average Bonchev–Trinajstić information content (AvgIpc) is 3.56. The zero-order chi connectivity index (χ0) is 32.1. The summed E-state index contributed by atoms with van der Waals surface area (Å²) in [5.74, 6) is -1.14. The number of cyclic esters (lactones) is 1. The first kappa shape index (κ1) is 33.9. The third-order valence-electron chi connectivity index (χ3n) is 8.71. The Labute approximate surface area is 258 Å². The summed E-state index contributed by atoms with van der Waals surface area (Å²) in [6.45, 7) is 25.4. The molecule has 5 atom stereocenters. The van der Waals surface area contributed by atoms with Crippen molar-refractivity contribution in [2.45, 2.75) is 122 Å². The van der Waals surface area contributed by atoms with Gasteiger partial charge in [0.2, 0.25) is 12.7 Å². The maximum Gasteiger partial charge on any atom is 0.417 e. The molecule has 12 heteroatoms. The largest absolute Gasteiger partial charge is 0.454 e. The molecule has 1 aromatic rings. The maximum atomic E-state index is 14.7. The molecule has 3 aliphatic heterocycles. The van der Waals surface area contributed by atoms with Gasteiger partial charge < -0.3 is 32.5 Å². The Bertz CT molecular complexity index is 1190. The molecule has 1 aromatic carbocycles. The lowest BCUT2D eigenvalue weighted by Crippen LogP contribution is -2.54. The summed E-state index contributed by atoms with van der Waals surface area (Å²) in [5, 5.41) is -0.00133. The van der Waals surface area contributed by atoms with E-state index in [0.29, 0.717) is 23.7 Å². The van der Waals surface area contributed by atoms with Crippen molar-refractivity contribution in [2.24, 2.45) is 5.92 Å². The topological polar surface area (TPSA) is 102 Å². The van der Waals surface area contributed by atoms with Crippen LogP contribution in [0.3, 0.4) is 0 Å². The standard InChI is InChI=1S/C31H51NO9Si2/c1-19(2)21-16-35-29(34)32(21)28(33)25(20-13-14-22-23(15-20)37-18-36-22)27(41-42(8,9)10)26-24(39-31(6,7)40-26)17-38-43(11,12)30(3,4)5/h13-15,19,21,24-27H,16-18H2,1-12H3/t21-,24+,25-,26-,27+/m1/s1. The van der Waals surface area contributed by atoms with Gasteiger partial charge in [0.05, 0.1) is 24.7 Å². The first-order chi connectivity index (χ1) is 19.7. The van der Waals surface area contributed by atoms with Crippen molar-refractivity contribution in [1.29, 1.82) is 0 Å². The summed E-state index contributed by atoms with van der Waals surface area (Å²) >= 11 is 0. The molecule has 2 saturated heterocycles. The molecule has 0 aromatic heterocycles. The fraction of sp³-hybridized carbons (Fsp3) is 0.742. The lowest BCUT2D eigenvalue weighted by molar-refractivity contribution is -0.159. The molecule has 0 spiro atoms. The van der Waals surface area contributed by atoms with Crippen LogP contribution in [0.15, 0.2) is 18.2 Å². The van der Waals surface area contributed by atoms with Crippen molar-refractivity contribution < 1.29 is 42.1 Å². The minimum atomic E-state index is -2.32. The van der Waals surface area contributed by atoms with Gasteiger partial charge in [0.15, 0.2) is 33.9 Å². The zero-order valence-corrected chi connectivity index (χ0v) is 29.9. The van der Waals surface area contributed by atoms with Gasteiger partial charge in [-0.25, -0.2) is 9.69 Å². The van der Waals surface area contributed by atoms with Gasteiger partial charge in [-0.2, -0.15) is 0 Å². The predicted molar refractivity (Wildman–Crippen MR) is 167 cm³/mol. The van der Waals surface area contributed by atoms with Gasteiger partial charge in [0.25, 0.3) is 0 Å². The molecular weight excluding hydrogens is 587 g/mol. The fourth-order valence-electron chi connectivity index (χ4n) is 5.42. The van der Waals surface area contributed by atoms with E-state index < -0.39 is 64.7 Å². The van der Waals surface area contributed by atoms with Crippen LogP contribution in [-0.2, 0) is 27.9 Å². The summed E-state index contributed by atoms with van der Waals surface area (Å²) in [4.78, 5) is 29.1. The van der Waals surface area contributed by atoms with Gasteiger partial charge in [-0.3, -0.25) is 4.79 Å². The molecule has 0 bridgehead atoms. The number of carbonyl (C=O) groups is 2. The number of carbonyl (C=O) groups excluding carboxylic acids is 2. The van der Waals surface area contributed by atoms with Crippen LogP contribution in [0.5, 0.6) is 11.5 Å². The predicted octanol–water partition coefficient (Wildman–Crippen LogP) is 6.26. The van der Waals surface area contributed by atoms with Crippen molar-refractivity contribution in [3.8, 4) is 11.5 Å². The highest BCUT2D eigenvalue weighted by Crippen LogP contribution is 2.43. The van der Waals surface area contributed by atoms with E-state index in [4.69, 9.17) is 32.5 Å². The molecule has 0 unspecified atom stereocenters. The minimum absolute atomic E-state index is 0.0000951. The number of rotatable bonds is 10. The van der Waals surface area contributed by atoms with Crippen LogP contribution in [0.25, 0.3) is 0 Å². The second-order valence-corrected chi connectivity index (χ2v) is 24.4. The van der Waals surface area contributed by atoms with E-state index >= 15 is 0 Å². The van der Waals surface area contributed by atoms with Crippen molar-refractivity contribution in [2.75, 3.05) is 20.0 Å². The first-order valence-electron chi connectivity index (χ1n) is 15.3. The monoisotopic (exact) mass is 637 g/mol. The van der Waals surface area contributed by atoms with Gasteiger partial charge in [0, 0.05) is 0 Å². The van der Waals surface area contributed by atoms with E-state index in [-0.39, 0.29) is 24.4 Å². The molecule has 0 saturated carbocycles. The lowest BCUT2D eigenvalue weighted by atomic mass is 9.86. The Kier molecular flexibility index (Phi) is 9.54. The summed E-state index contributed by atoms with van der Waals surface area (Å²) < 4.78 is 43.3. The van der Waals surface area contributed by atoms with Crippen LogP contribution in [0.1, 0.15) is 59.9 Å². The van der Waals surface area contributed by atoms with E-state index in [1.54, 1.807) is 12.1 Å².